The van der Waals surface area contributed by atoms with E-state index in [9.17, 15) is 18.0 Å². The van der Waals surface area contributed by atoms with Crippen LogP contribution in [0.4, 0.5) is 18.9 Å². The third-order valence-corrected chi connectivity index (χ3v) is 3.32. The molecule has 0 saturated heterocycles. The molecule has 1 aliphatic rings. The van der Waals surface area contributed by atoms with Gasteiger partial charge >= 0.3 is 6.18 Å². The van der Waals surface area contributed by atoms with Crippen LogP contribution in [0.2, 0.25) is 0 Å². The van der Waals surface area contributed by atoms with Crippen molar-refractivity contribution >= 4 is 11.6 Å². The molecule has 7 heteroatoms. The largest absolute Gasteiger partial charge is 0.417 e. The van der Waals surface area contributed by atoms with Crippen molar-refractivity contribution < 1.29 is 18.0 Å². The van der Waals surface area contributed by atoms with E-state index in [2.05, 4.69) is 0 Å². The lowest BCUT2D eigenvalue weighted by atomic mass is 10.1. The second-order valence-electron chi connectivity index (χ2n) is 5.13. The molecular formula is C14H14F3N3O. The molecular weight excluding hydrogens is 283 g/mol. The van der Waals surface area contributed by atoms with Crippen molar-refractivity contribution in [3.63, 3.8) is 0 Å². The van der Waals surface area contributed by atoms with E-state index in [0.717, 1.165) is 25.0 Å². The molecule has 2 rings (SSSR count). The van der Waals surface area contributed by atoms with Crippen LogP contribution in [0.3, 0.4) is 0 Å². The first-order valence-corrected chi connectivity index (χ1v) is 6.46. The number of primary amides is 1. The minimum absolute atomic E-state index is 0.139. The van der Waals surface area contributed by atoms with E-state index < -0.39 is 23.2 Å². The Morgan fingerprint density at radius 1 is 1.43 bits per heavy atom. The molecule has 1 amide bonds. The van der Waals surface area contributed by atoms with Crippen molar-refractivity contribution in [2.45, 2.75) is 19.0 Å². The Balaban J connectivity index is 2.35. The van der Waals surface area contributed by atoms with Gasteiger partial charge < -0.3 is 10.6 Å². The lowest BCUT2D eigenvalue weighted by Gasteiger charge is -2.24. The topological polar surface area (TPSA) is 70.1 Å². The normalized spacial score (nSPS) is 14.6. The molecule has 0 heterocycles. The van der Waals surface area contributed by atoms with Crippen molar-refractivity contribution in [1.82, 2.24) is 0 Å². The molecule has 1 aliphatic carbocycles. The molecule has 0 aliphatic heterocycles. The lowest BCUT2D eigenvalue weighted by Crippen LogP contribution is -2.35. The van der Waals surface area contributed by atoms with Gasteiger partial charge in [0.1, 0.15) is 0 Å². The molecule has 21 heavy (non-hydrogen) atoms. The fourth-order valence-electron chi connectivity index (χ4n) is 2.12. The maximum absolute atomic E-state index is 13.0. The fraction of sp³-hybridized carbons (Fsp3) is 0.429. The van der Waals surface area contributed by atoms with Gasteiger partial charge in [0.25, 0.3) is 0 Å². The standard InChI is InChI=1S/C14H14F3N3O/c15-14(16,17)12-5-11(4-3-10(12)6-18)20(8-13(19)21)7-9-1-2-9/h3-5,9H,1-2,7-8H2,(H2,19,21). The van der Waals surface area contributed by atoms with Gasteiger partial charge in [0.15, 0.2) is 0 Å². The molecule has 0 radical (unpaired) electrons. The van der Waals surface area contributed by atoms with Gasteiger partial charge in [0.05, 0.1) is 23.7 Å². The molecule has 1 aromatic rings. The number of hydrogen-bond acceptors (Lipinski definition) is 3. The summed E-state index contributed by atoms with van der Waals surface area (Å²) in [5.41, 5.74) is 3.98. The summed E-state index contributed by atoms with van der Waals surface area (Å²) in [6.07, 6.45) is -2.62. The highest BCUT2D eigenvalue weighted by Gasteiger charge is 2.34. The van der Waals surface area contributed by atoms with E-state index in [1.54, 1.807) is 0 Å². The van der Waals surface area contributed by atoms with Crippen molar-refractivity contribution in [2.75, 3.05) is 18.0 Å². The van der Waals surface area contributed by atoms with Crippen LogP contribution >= 0.6 is 0 Å². The van der Waals surface area contributed by atoms with Crippen LogP contribution in [0.25, 0.3) is 0 Å². The zero-order valence-corrected chi connectivity index (χ0v) is 11.2. The lowest BCUT2D eigenvalue weighted by molar-refractivity contribution is -0.137. The van der Waals surface area contributed by atoms with E-state index >= 15 is 0 Å². The van der Waals surface area contributed by atoms with E-state index in [1.807, 2.05) is 0 Å². The Morgan fingerprint density at radius 3 is 2.57 bits per heavy atom. The molecule has 1 aromatic carbocycles. The number of alkyl halides is 3. The first-order valence-electron chi connectivity index (χ1n) is 6.46. The Hall–Kier alpha value is -2.23. The number of rotatable bonds is 5. The van der Waals surface area contributed by atoms with Gasteiger partial charge in [-0.05, 0) is 37.0 Å². The van der Waals surface area contributed by atoms with E-state index in [1.165, 1.54) is 17.0 Å². The Bertz CT molecular complexity index is 588. The van der Waals surface area contributed by atoms with Gasteiger partial charge in [-0.1, -0.05) is 0 Å². The van der Waals surface area contributed by atoms with Crippen molar-refractivity contribution in [1.29, 1.82) is 5.26 Å². The first kappa shape index (κ1) is 15.2. The minimum atomic E-state index is -4.61. The number of anilines is 1. The van der Waals surface area contributed by atoms with Crippen molar-refractivity contribution in [3.8, 4) is 6.07 Å². The van der Waals surface area contributed by atoms with Gasteiger partial charge in [-0.2, -0.15) is 18.4 Å². The number of hydrogen-bond donors (Lipinski definition) is 1. The highest BCUT2D eigenvalue weighted by molar-refractivity contribution is 5.79. The van der Waals surface area contributed by atoms with E-state index in [-0.39, 0.29) is 12.2 Å². The smallest absolute Gasteiger partial charge is 0.368 e. The molecule has 0 atom stereocenters. The molecule has 0 spiro atoms. The Kier molecular flexibility index (Phi) is 4.07. The van der Waals surface area contributed by atoms with Crippen LogP contribution in [-0.2, 0) is 11.0 Å². The average molecular weight is 297 g/mol. The van der Waals surface area contributed by atoms with Gasteiger partial charge in [-0.25, -0.2) is 0 Å². The van der Waals surface area contributed by atoms with Crippen LogP contribution in [0.5, 0.6) is 0 Å². The average Bonchev–Trinajstić information content (AvgIpc) is 3.19. The van der Waals surface area contributed by atoms with E-state index in [4.69, 9.17) is 11.0 Å². The summed E-state index contributed by atoms with van der Waals surface area (Å²) in [5.74, 6) is -0.220. The highest BCUT2D eigenvalue weighted by atomic mass is 19.4. The molecule has 0 bridgehead atoms. The van der Waals surface area contributed by atoms with Gasteiger partial charge in [0, 0.05) is 12.2 Å². The van der Waals surface area contributed by atoms with Crippen LogP contribution in [0, 0.1) is 17.2 Å². The summed E-state index contributed by atoms with van der Waals surface area (Å²) in [4.78, 5) is 12.6. The summed E-state index contributed by atoms with van der Waals surface area (Å²) in [5, 5.41) is 8.77. The summed E-state index contributed by atoms with van der Waals surface area (Å²) < 4.78 is 38.9. The second kappa shape index (κ2) is 5.64. The number of nitriles is 1. The summed E-state index contributed by atoms with van der Waals surface area (Å²) in [6.45, 7) is 0.353. The molecule has 0 aromatic heterocycles. The molecule has 0 unspecified atom stereocenters. The summed E-state index contributed by atoms with van der Waals surface area (Å²) in [6, 6.07) is 4.98. The van der Waals surface area contributed by atoms with Gasteiger partial charge in [-0.15, -0.1) is 0 Å². The summed E-state index contributed by atoms with van der Waals surface area (Å²) in [7, 11) is 0. The van der Waals surface area contributed by atoms with Crippen LogP contribution < -0.4 is 10.6 Å². The fourth-order valence-corrected chi connectivity index (χ4v) is 2.12. The monoisotopic (exact) mass is 297 g/mol. The highest BCUT2D eigenvalue weighted by Crippen LogP contribution is 2.36. The number of nitrogens with zero attached hydrogens (tertiary/aromatic N) is 2. The number of halogens is 3. The number of nitrogens with two attached hydrogens (primary N) is 1. The van der Waals surface area contributed by atoms with Crippen molar-refractivity contribution in [2.24, 2.45) is 11.7 Å². The minimum Gasteiger partial charge on any atom is -0.368 e. The van der Waals surface area contributed by atoms with Gasteiger partial charge in [0.2, 0.25) is 5.91 Å². The number of benzene rings is 1. The van der Waals surface area contributed by atoms with Crippen molar-refractivity contribution in [3.05, 3.63) is 29.3 Å². The first-order chi connectivity index (χ1) is 9.81. The third kappa shape index (κ3) is 3.88. The summed E-state index contributed by atoms with van der Waals surface area (Å²) >= 11 is 0. The molecule has 112 valence electrons. The van der Waals surface area contributed by atoms with Gasteiger partial charge in [-0.3, -0.25) is 4.79 Å². The number of carbonyl (C=O) groups is 1. The molecule has 1 fully saturated rings. The molecule has 4 nitrogen and oxygen atoms in total. The Labute approximate surface area is 119 Å². The maximum Gasteiger partial charge on any atom is 0.417 e. The maximum atomic E-state index is 13.0. The Morgan fingerprint density at radius 2 is 2.10 bits per heavy atom. The molecule has 1 saturated carbocycles. The second-order valence-corrected chi connectivity index (χ2v) is 5.13. The van der Waals surface area contributed by atoms with E-state index in [0.29, 0.717) is 12.5 Å². The third-order valence-electron chi connectivity index (χ3n) is 3.32. The van der Waals surface area contributed by atoms with Crippen LogP contribution in [-0.4, -0.2) is 19.0 Å². The van der Waals surface area contributed by atoms with Crippen LogP contribution in [0.1, 0.15) is 24.0 Å². The number of carbonyl (C=O) groups excluding carboxylic acids is 1. The zero-order valence-electron chi connectivity index (χ0n) is 11.2. The zero-order chi connectivity index (χ0) is 15.6. The SMILES string of the molecule is N#Cc1ccc(N(CC(N)=O)CC2CC2)cc1C(F)(F)F. The molecule has 2 N–H and O–H groups in total. The van der Waals surface area contributed by atoms with Crippen LogP contribution in [0.15, 0.2) is 18.2 Å². The predicted molar refractivity (Wildman–Crippen MR) is 70.3 cm³/mol. The predicted octanol–water partition coefficient (Wildman–Crippen LogP) is 2.28. The number of amides is 1. The quantitative estimate of drug-likeness (QED) is 0.906.